The fraction of sp³-hybridized carbons (Fsp3) is 0.588. The summed E-state index contributed by atoms with van der Waals surface area (Å²) < 4.78 is 0. The summed E-state index contributed by atoms with van der Waals surface area (Å²) in [5.41, 5.74) is 1.04. The Balaban J connectivity index is 1.58. The van der Waals surface area contributed by atoms with Crippen LogP contribution in [0, 0.1) is 11.8 Å². The van der Waals surface area contributed by atoms with E-state index in [2.05, 4.69) is 5.32 Å². The second-order valence-electron chi connectivity index (χ2n) is 6.21. The van der Waals surface area contributed by atoms with E-state index in [9.17, 15) is 4.79 Å². The molecule has 2 fully saturated rings. The number of nitrogens with one attached hydrogen (secondary N) is 1. The standard InChI is InChI=1S/C17H24N2O/c20-17(12-18-11-14-9-10-14)19(13-15-5-4-6-15)16-7-2-1-3-8-16/h1-3,7-8,14-15,18H,4-6,9-13H2. The molecule has 3 nitrogen and oxygen atoms in total. The van der Waals surface area contributed by atoms with Crippen molar-refractivity contribution in [2.75, 3.05) is 24.5 Å². The quantitative estimate of drug-likeness (QED) is 0.828. The molecule has 2 saturated carbocycles. The normalized spacial score (nSPS) is 18.6. The Morgan fingerprint density at radius 1 is 1.10 bits per heavy atom. The van der Waals surface area contributed by atoms with Gasteiger partial charge in [-0.2, -0.15) is 0 Å². The number of para-hydroxylation sites is 1. The molecule has 2 aliphatic rings. The van der Waals surface area contributed by atoms with E-state index in [-0.39, 0.29) is 5.91 Å². The molecule has 0 heterocycles. The summed E-state index contributed by atoms with van der Waals surface area (Å²) >= 11 is 0. The number of amides is 1. The van der Waals surface area contributed by atoms with Crippen LogP contribution >= 0.6 is 0 Å². The number of rotatable bonds is 7. The molecule has 0 saturated heterocycles. The SMILES string of the molecule is O=C(CNCC1CC1)N(CC1CCC1)c1ccccc1. The number of hydrogen-bond acceptors (Lipinski definition) is 2. The molecular weight excluding hydrogens is 248 g/mol. The van der Waals surface area contributed by atoms with E-state index >= 15 is 0 Å². The van der Waals surface area contributed by atoms with Crippen molar-refractivity contribution in [2.24, 2.45) is 11.8 Å². The van der Waals surface area contributed by atoms with Gasteiger partial charge in [0.15, 0.2) is 0 Å². The lowest BCUT2D eigenvalue weighted by Crippen LogP contribution is -2.42. The molecule has 2 aliphatic carbocycles. The van der Waals surface area contributed by atoms with Crippen LogP contribution < -0.4 is 10.2 Å². The van der Waals surface area contributed by atoms with Gasteiger partial charge in [-0.15, -0.1) is 0 Å². The smallest absolute Gasteiger partial charge is 0.240 e. The molecule has 20 heavy (non-hydrogen) atoms. The van der Waals surface area contributed by atoms with Gasteiger partial charge in [0.2, 0.25) is 5.91 Å². The lowest BCUT2D eigenvalue weighted by Gasteiger charge is -2.32. The summed E-state index contributed by atoms with van der Waals surface area (Å²) in [6.45, 7) is 2.35. The molecule has 0 unspecified atom stereocenters. The Hall–Kier alpha value is -1.35. The van der Waals surface area contributed by atoms with Crippen LogP contribution in [0.3, 0.4) is 0 Å². The maximum Gasteiger partial charge on any atom is 0.240 e. The molecule has 108 valence electrons. The third-order valence-electron chi connectivity index (χ3n) is 4.44. The zero-order chi connectivity index (χ0) is 13.8. The molecule has 1 aromatic carbocycles. The van der Waals surface area contributed by atoms with Gasteiger partial charge >= 0.3 is 0 Å². The number of carbonyl (C=O) groups excluding carboxylic acids is 1. The van der Waals surface area contributed by atoms with Crippen molar-refractivity contribution in [3.8, 4) is 0 Å². The molecule has 0 radical (unpaired) electrons. The zero-order valence-corrected chi connectivity index (χ0v) is 12.1. The van der Waals surface area contributed by atoms with Gasteiger partial charge in [0.05, 0.1) is 6.54 Å². The van der Waals surface area contributed by atoms with E-state index in [0.717, 1.165) is 24.7 Å². The number of nitrogens with zero attached hydrogens (tertiary/aromatic N) is 1. The summed E-state index contributed by atoms with van der Waals surface area (Å²) in [5, 5.41) is 3.32. The fourth-order valence-corrected chi connectivity index (χ4v) is 2.69. The van der Waals surface area contributed by atoms with Crippen LogP contribution in [-0.2, 0) is 4.79 Å². The lowest BCUT2D eigenvalue weighted by molar-refractivity contribution is -0.118. The Morgan fingerprint density at radius 3 is 2.45 bits per heavy atom. The van der Waals surface area contributed by atoms with Crippen LogP contribution in [0.2, 0.25) is 0 Å². The average Bonchev–Trinajstić information content (AvgIpc) is 3.22. The molecule has 0 spiro atoms. The largest absolute Gasteiger partial charge is 0.311 e. The van der Waals surface area contributed by atoms with Crippen molar-refractivity contribution in [3.63, 3.8) is 0 Å². The van der Waals surface area contributed by atoms with Crippen LogP contribution in [-0.4, -0.2) is 25.5 Å². The van der Waals surface area contributed by atoms with Crippen molar-refractivity contribution < 1.29 is 4.79 Å². The molecule has 0 aliphatic heterocycles. The highest BCUT2D eigenvalue weighted by Crippen LogP contribution is 2.29. The minimum absolute atomic E-state index is 0.212. The Kier molecular flexibility index (Phi) is 4.36. The fourth-order valence-electron chi connectivity index (χ4n) is 2.69. The minimum Gasteiger partial charge on any atom is -0.311 e. The van der Waals surface area contributed by atoms with Crippen molar-refractivity contribution in [1.29, 1.82) is 0 Å². The lowest BCUT2D eigenvalue weighted by atomic mass is 9.85. The highest BCUT2D eigenvalue weighted by molar-refractivity contribution is 5.94. The van der Waals surface area contributed by atoms with Gasteiger partial charge in [0.1, 0.15) is 0 Å². The average molecular weight is 272 g/mol. The molecule has 1 aromatic rings. The van der Waals surface area contributed by atoms with Gasteiger partial charge in [-0.05, 0) is 56.2 Å². The molecule has 0 atom stereocenters. The molecule has 3 heteroatoms. The summed E-state index contributed by atoms with van der Waals surface area (Å²) in [4.78, 5) is 14.5. The highest BCUT2D eigenvalue weighted by atomic mass is 16.2. The molecular formula is C17H24N2O. The van der Waals surface area contributed by atoms with Gasteiger partial charge in [-0.3, -0.25) is 4.79 Å². The van der Waals surface area contributed by atoms with Gasteiger partial charge in [0.25, 0.3) is 0 Å². The third-order valence-corrected chi connectivity index (χ3v) is 4.44. The summed E-state index contributed by atoms with van der Waals surface area (Å²) in [6.07, 6.45) is 6.51. The van der Waals surface area contributed by atoms with Crippen LogP contribution in [0.15, 0.2) is 30.3 Å². The summed E-state index contributed by atoms with van der Waals surface area (Å²) in [7, 11) is 0. The number of anilines is 1. The van der Waals surface area contributed by atoms with E-state index in [0.29, 0.717) is 12.5 Å². The molecule has 1 amide bonds. The maximum absolute atomic E-state index is 12.5. The Morgan fingerprint density at radius 2 is 1.85 bits per heavy atom. The summed E-state index contributed by atoms with van der Waals surface area (Å²) in [6, 6.07) is 10.1. The minimum atomic E-state index is 0.212. The van der Waals surface area contributed by atoms with Gasteiger partial charge < -0.3 is 10.2 Å². The van der Waals surface area contributed by atoms with Crippen molar-refractivity contribution >= 4 is 11.6 Å². The van der Waals surface area contributed by atoms with E-state index in [1.807, 2.05) is 35.2 Å². The Bertz CT molecular complexity index is 438. The molecule has 1 N–H and O–H groups in total. The van der Waals surface area contributed by atoms with Crippen molar-refractivity contribution in [1.82, 2.24) is 5.32 Å². The first kappa shape index (κ1) is 13.6. The monoisotopic (exact) mass is 272 g/mol. The predicted octanol–water partition coefficient (Wildman–Crippen LogP) is 2.82. The van der Waals surface area contributed by atoms with Gasteiger partial charge in [-0.1, -0.05) is 24.6 Å². The van der Waals surface area contributed by atoms with Gasteiger partial charge in [0, 0.05) is 12.2 Å². The van der Waals surface area contributed by atoms with E-state index in [1.165, 1.54) is 32.1 Å². The Labute approximate surface area is 121 Å². The van der Waals surface area contributed by atoms with Crippen LogP contribution in [0.25, 0.3) is 0 Å². The predicted molar refractivity (Wildman–Crippen MR) is 81.7 cm³/mol. The van der Waals surface area contributed by atoms with Crippen LogP contribution in [0.1, 0.15) is 32.1 Å². The molecule has 0 aromatic heterocycles. The topological polar surface area (TPSA) is 32.3 Å². The van der Waals surface area contributed by atoms with Gasteiger partial charge in [-0.25, -0.2) is 0 Å². The first-order valence-electron chi connectivity index (χ1n) is 7.89. The zero-order valence-electron chi connectivity index (χ0n) is 12.1. The maximum atomic E-state index is 12.5. The number of benzene rings is 1. The summed E-state index contributed by atoms with van der Waals surface area (Å²) in [5.74, 6) is 1.73. The van der Waals surface area contributed by atoms with E-state index in [4.69, 9.17) is 0 Å². The second-order valence-corrected chi connectivity index (χ2v) is 6.21. The van der Waals surface area contributed by atoms with Crippen molar-refractivity contribution in [2.45, 2.75) is 32.1 Å². The van der Waals surface area contributed by atoms with Crippen molar-refractivity contribution in [3.05, 3.63) is 30.3 Å². The second kappa shape index (κ2) is 6.40. The number of carbonyl (C=O) groups is 1. The highest BCUT2D eigenvalue weighted by Gasteiger charge is 2.25. The first-order valence-corrected chi connectivity index (χ1v) is 7.89. The first-order chi connectivity index (χ1) is 9.83. The third kappa shape index (κ3) is 3.60. The van der Waals surface area contributed by atoms with Crippen LogP contribution in [0.5, 0.6) is 0 Å². The van der Waals surface area contributed by atoms with E-state index < -0.39 is 0 Å². The van der Waals surface area contributed by atoms with E-state index in [1.54, 1.807) is 0 Å². The van der Waals surface area contributed by atoms with Crippen LogP contribution in [0.4, 0.5) is 5.69 Å². The molecule has 3 rings (SSSR count). The number of hydrogen-bond donors (Lipinski definition) is 1. The molecule has 0 bridgehead atoms.